The highest BCUT2D eigenvalue weighted by Gasteiger charge is 2.48. The fourth-order valence-electron chi connectivity index (χ4n) is 3.50. The number of sulfone groups is 1. The van der Waals surface area contributed by atoms with Crippen molar-refractivity contribution in [2.24, 2.45) is 4.99 Å². The van der Waals surface area contributed by atoms with Crippen molar-refractivity contribution in [1.82, 2.24) is 10.2 Å². The number of nitrogens with zero attached hydrogens (tertiary/aromatic N) is 2. The van der Waals surface area contributed by atoms with Gasteiger partial charge in [-0.1, -0.05) is 23.9 Å². The van der Waals surface area contributed by atoms with Crippen molar-refractivity contribution < 1.29 is 27.5 Å². The van der Waals surface area contributed by atoms with Crippen LogP contribution in [0.15, 0.2) is 29.3 Å². The highest BCUT2D eigenvalue weighted by molar-refractivity contribution is 8.15. The van der Waals surface area contributed by atoms with Gasteiger partial charge in [-0.3, -0.25) is 4.79 Å². The molecule has 0 unspecified atom stereocenters. The first-order chi connectivity index (χ1) is 15.0. The third-order valence-electron chi connectivity index (χ3n) is 4.91. The summed E-state index contributed by atoms with van der Waals surface area (Å²) in [6.07, 6.45) is -0.568. The highest BCUT2D eigenvalue weighted by Crippen LogP contribution is 2.39. The zero-order valence-electron chi connectivity index (χ0n) is 18.7. The van der Waals surface area contributed by atoms with Gasteiger partial charge in [0, 0.05) is 24.8 Å². The summed E-state index contributed by atoms with van der Waals surface area (Å²) in [6, 6.07) is 7.27. The maximum Gasteiger partial charge on any atom is 0.407 e. The third-order valence-corrected chi connectivity index (χ3v) is 8.16. The fourth-order valence-corrected chi connectivity index (χ4v) is 7.46. The molecule has 1 aromatic carbocycles. The monoisotopic (exact) mass is 483 g/mol. The number of thioether (sulfide) groups is 1. The van der Waals surface area contributed by atoms with Gasteiger partial charge in [0.05, 0.1) is 24.7 Å². The number of amides is 2. The van der Waals surface area contributed by atoms with Gasteiger partial charge in [0.25, 0.3) is 0 Å². The zero-order valence-corrected chi connectivity index (χ0v) is 20.3. The number of alkyl carbamates (subject to hydrolysis) is 1. The molecule has 9 nitrogen and oxygen atoms in total. The van der Waals surface area contributed by atoms with E-state index in [-0.39, 0.29) is 41.7 Å². The van der Waals surface area contributed by atoms with Crippen LogP contribution < -0.4 is 10.1 Å². The average molecular weight is 484 g/mol. The van der Waals surface area contributed by atoms with E-state index in [2.05, 4.69) is 10.3 Å². The second-order valence-electron chi connectivity index (χ2n) is 8.74. The number of fused-ring (bicyclic) bond motifs is 1. The molecule has 0 aromatic heterocycles. The number of aliphatic imine (C=N–C) groups is 1. The number of ether oxygens (including phenoxy) is 2. The lowest BCUT2D eigenvalue weighted by molar-refractivity contribution is -0.117. The standard InChI is InChI=1S/C21H29N3O6S2/c1-21(2,3)30-20(26)22-10-9-18(25)23-19-24(11-14-5-7-15(29-4)8-6-14)16-12-32(27,28)13-17(16)31-19/h5-8,16-17H,9-13H2,1-4H3,(H,22,26)/t16-,17+/m1/s1. The molecular weight excluding hydrogens is 454 g/mol. The first-order valence-corrected chi connectivity index (χ1v) is 13.0. The lowest BCUT2D eigenvalue weighted by atomic mass is 10.1. The first-order valence-electron chi connectivity index (χ1n) is 10.3. The molecule has 176 valence electrons. The Hall–Kier alpha value is -2.27. The lowest BCUT2D eigenvalue weighted by Crippen LogP contribution is -2.37. The fraction of sp³-hybridized carbons (Fsp3) is 0.571. The van der Waals surface area contributed by atoms with E-state index in [4.69, 9.17) is 9.47 Å². The van der Waals surface area contributed by atoms with Gasteiger partial charge in [-0.15, -0.1) is 0 Å². The van der Waals surface area contributed by atoms with Gasteiger partial charge >= 0.3 is 6.09 Å². The lowest BCUT2D eigenvalue weighted by Gasteiger charge is -2.24. The molecule has 2 atom stereocenters. The maximum absolute atomic E-state index is 12.4. The number of nitrogens with one attached hydrogen (secondary N) is 1. The van der Waals surface area contributed by atoms with Gasteiger partial charge in [-0.2, -0.15) is 4.99 Å². The molecule has 0 bridgehead atoms. The Morgan fingerprint density at radius 2 is 1.91 bits per heavy atom. The average Bonchev–Trinajstić information content (AvgIpc) is 3.13. The van der Waals surface area contributed by atoms with Crippen LogP contribution in [-0.4, -0.2) is 72.5 Å². The van der Waals surface area contributed by atoms with Crippen molar-refractivity contribution in [1.29, 1.82) is 0 Å². The Balaban J connectivity index is 1.66. The molecule has 2 fully saturated rings. The van der Waals surface area contributed by atoms with E-state index in [1.807, 2.05) is 29.2 Å². The van der Waals surface area contributed by atoms with Crippen LogP contribution >= 0.6 is 11.8 Å². The molecule has 3 rings (SSSR count). The Labute approximate surface area is 192 Å². The number of carbonyl (C=O) groups is 2. The molecule has 2 aliphatic heterocycles. The van der Waals surface area contributed by atoms with Gasteiger partial charge in [0.1, 0.15) is 11.4 Å². The molecule has 1 N–H and O–H groups in total. The predicted molar refractivity (Wildman–Crippen MR) is 124 cm³/mol. The summed E-state index contributed by atoms with van der Waals surface area (Å²) < 4.78 is 34.6. The smallest absolute Gasteiger partial charge is 0.407 e. The molecular formula is C21H29N3O6S2. The maximum atomic E-state index is 12.4. The number of benzene rings is 1. The van der Waals surface area contributed by atoms with Crippen LogP contribution in [-0.2, 0) is 25.9 Å². The van der Waals surface area contributed by atoms with E-state index >= 15 is 0 Å². The summed E-state index contributed by atoms with van der Waals surface area (Å²) in [5.74, 6) is 0.474. The van der Waals surface area contributed by atoms with Crippen LogP contribution in [0.2, 0.25) is 0 Å². The molecule has 0 saturated carbocycles. The Kier molecular flexibility index (Phi) is 7.39. The van der Waals surface area contributed by atoms with E-state index in [1.165, 1.54) is 11.8 Å². The minimum Gasteiger partial charge on any atom is -0.497 e. The van der Waals surface area contributed by atoms with E-state index in [0.717, 1.165) is 11.3 Å². The molecule has 32 heavy (non-hydrogen) atoms. The summed E-state index contributed by atoms with van der Waals surface area (Å²) in [5.41, 5.74) is 0.345. The summed E-state index contributed by atoms with van der Waals surface area (Å²) in [5, 5.41) is 2.92. The van der Waals surface area contributed by atoms with Crippen LogP contribution in [0.25, 0.3) is 0 Å². The van der Waals surface area contributed by atoms with Gasteiger partial charge in [-0.05, 0) is 38.5 Å². The first kappa shape index (κ1) is 24.4. The van der Waals surface area contributed by atoms with E-state index in [0.29, 0.717) is 11.7 Å². The Morgan fingerprint density at radius 1 is 1.22 bits per heavy atom. The number of rotatable bonds is 6. The predicted octanol–water partition coefficient (Wildman–Crippen LogP) is 2.21. The Morgan fingerprint density at radius 3 is 2.53 bits per heavy atom. The molecule has 2 heterocycles. The van der Waals surface area contributed by atoms with Gasteiger partial charge in [0.2, 0.25) is 5.91 Å². The number of methoxy groups -OCH3 is 1. The second-order valence-corrected chi connectivity index (χ2v) is 12.1. The summed E-state index contributed by atoms with van der Waals surface area (Å²) >= 11 is 1.33. The number of amidine groups is 1. The topological polar surface area (TPSA) is 114 Å². The van der Waals surface area contributed by atoms with Crippen LogP contribution in [0, 0.1) is 0 Å². The quantitative estimate of drug-likeness (QED) is 0.655. The van der Waals surface area contributed by atoms with Gasteiger partial charge in [0.15, 0.2) is 15.0 Å². The van der Waals surface area contributed by atoms with Crippen molar-refractivity contribution in [3.8, 4) is 5.75 Å². The summed E-state index contributed by atoms with van der Waals surface area (Å²) in [6.45, 7) is 5.82. The molecule has 1 aromatic rings. The molecule has 2 aliphatic rings. The molecule has 11 heteroatoms. The van der Waals surface area contributed by atoms with E-state index < -0.39 is 21.5 Å². The number of carbonyl (C=O) groups excluding carboxylic acids is 2. The largest absolute Gasteiger partial charge is 0.497 e. The van der Waals surface area contributed by atoms with Crippen molar-refractivity contribution >= 4 is 38.8 Å². The molecule has 2 saturated heterocycles. The van der Waals surface area contributed by atoms with Crippen LogP contribution in [0.1, 0.15) is 32.8 Å². The number of hydrogen-bond acceptors (Lipinski definition) is 7. The number of hydrogen-bond donors (Lipinski definition) is 1. The molecule has 2 amide bonds. The van der Waals surface area contributed by atoms with E-state index in [1.54, 1.807) is 27.9 Å². The summed E-state index contributed by atoms with van der Waals surface area (Å²) in [4.78, 5) is 30.3. The molecule has 0 spiro atoms. The molecule has 0 radical (unpaired) electrons. The van der Waals surface area contributed by atoms with Crippen LogP contribution in [0.4, 0.5) is 4.79 Å². The van der Waals surface area contributed by atoms with Crippen molar-refractivity contribution in [3.63, 3.8) is 0 Å². The Bertz CT molecular complexity index is 986. The second kappa shape index (κ2) is 9.70. The highest BCUT2D eigenvalue weighted by atomic mass is 32.2. The van der Waals surface area contributed by atoms with Crippen LogP contribution in [0.5, 0.6) is 5.75 Å². The molecule has 0 aliphatic carbocycles. The van der Waals surface area contributed by atoms with Crippen molar-refractivity contribution in [2.75, 3.05) is 25.2 Å². The normalized spacial score (nSPS) is 23.1. The van der Waals surface area contributed by atoms with Gasteiger partial charge < -0.3 is 19.7 Å². The van der Waals surface area contributed by atoms with Crippen LogP contribution in [0.3, 0.4) is 0 Å². The summed E-state index contributed by atoms with van der Waals surface area (Å²) in [7, 11) is -1.52. The van der Waals surface area contributed by atoms with Gasteiger partial charge in [-0.25, -0.2) is 13.2 Å². The zero-order chi connectivity index (χ0) is 23.5. The minimum absolute atomic E-state index is 0.0211. The SMILES string of the molecule is COc1ccc(CN2C(=NC(=O)CCNC(=O)OC(C)(C)C)S[C@H]3CS(=O)(=O)C[C@H]32)cc1. The third kappa shape index (κ3) is 6.61. The van der Waals surface area contributed by atoms with Crippen molar-refractivity contribution in [2.45, 2.75) is 50.6 Å². The van der Waals surface area contributed by atoms with E-state index in [9.17, 15) is 18.0 Å². The van der Waals surface area contributed by atoms with Crippen molar-refractivity contribution in [3.05, 3.63) is 29.8 Å². The minimum atomic E-state index is -3.12.